The zero-order chi connectivity index (χ0) is 22.4. The normalized spacial score (nSPS) is 11.0. The number of hydrogen-bond acceptors (Lipinski definition) is 7. The zero-order valence-corrected chi connectivity index (χ0v) is 17.5. The summed E-state index contributed by atoms with van der Waals surface area (Å²) < 4.78 is 38.2. The number of ether oxygens (including phenoxy) is 1. The first-order valence-corrected chi connectivity index (χ1v) is 10.9. The van der Waals surface area contributed by atoms with Gasteiger partial charge in [0.25, 0.3) is 15.9 Å². The molecule has 0 spiro atoms. The van der Waals surface area contributed by atoms with Crippen LogP contribution in [0.15, 0.2) is 94.7 Å². The first-order valence-electron chi connectivity index (χ1n) is 9.47. The van der Waals surface area contributed by atoms with Crippen LogP contribution in [0.1, 0.15) is 16.1 Å². The topological polar surface area (TPSA) is 123 Å². The Morgan fingerprint density at radius 2 is 1.66 bits per heavy atom. The van der Waals surface area contributed by atoms with Crippen LogP contribution in [0.3, 0.4) is 0 Å². The Morgan fingerprint density at radius 3 is 2.38 bits per heavy atom. The minimum absolute atomic E-state index is 0.00194. The lowest BCUT2D eigenvalue weighted by Gasteiger charge is -2.09. The monoisotopic (exact) mass is 450 g/mol. The molecule has 0 fully saturated rings. The number of para-hydroxylation sites is 1. The average Bonchev–Trinajstić information content (AvgIpc) is 3.28. The predicted octanol–water partition coefficient (Wildman–Crippen LogP) is 3.70. The number of nitrogens with zero attached hydrogens (tertiary/aromatic N) is 2. The Kier molecular flexibility index (Phi) is 6.13. The van der Waals surface area contributed by atoms with Crippen LogP contribution in [0, 0.1) is 0 Å². The SMILES string of the molecule is O=C(Nc1ccc(S(=O)(=O)Nc2ncccn2)cc1)c1occc1COc1ccccc1. The van der Waals surface area contributed by atoms with E-state index in [-0.39, 0.29) is 23.2 Å². The fourth-order valence-corrected chi connectivity index (χ4v) is 3.72. The minimum atomic E-state index is -3.86. The van der Waals surface area contributed by atoms with Gasteiger partial charge in [-0.05, 0) is 48.5 Å². The summed E-state index contributed by atoms with van der Waals surface area (Å²) in [5.74, 6) is 0.271. The molecule has 0 radical (unpaired) electrons. The molecule has 0 aliphatic carbocycles. The zero-order valence-electron chi connectivity index (χ0n) is 16.6. The molecule has 2 heterocycles. The highest BCUT2D eigenvalue weighted by Gasteiger charge is 2.18. The molecule has 2 aromatic carbocycles. The number of nitrogens with one attached hydrogen (secondary N) is 2. The summed E-state index contributed by atoms with van der Waals surface area (Å²) in [6, 6.07) is 18.1. The molecule has 4 rings (SSSR count). The number of sulfonamides is 1. The Hall–Kier alpha value is -4.18. The van der Waals surface area contributed by atoms with Gasteiger partial charge in [0.1, 0.15) is 12.4 Å². The first-order chi connectivity index (χ1) is 15.5. The van der Waals surface area contributed by atoms with Crippen LogP contribution in [-0.4, -0.2) is 24.3 Å². The third-order valence-corrected chi connectivity index (χ3v) is 5.65. The van der Waals surface area contributed by atoms with E-state index >= 15 is 0 Å². The molecule has 2 aromatic heterocycles. The number of hydrogen-bond donors (Lipinski definition) is 2. The summed E-state index contributed by atoms with van der Waals surface area (Å²) in [4.78, 5) is 20.3. The Morgan fingerprint density at radius 1 is 0.938 bits per heavy atom. The fourth-order valence-electron chi connectivity index (χ4n) is 2.76. The van der Waals surface area contributed by atoms with Crippen LogP contribution in [0.5, 0.6) is 5.75 Å². The number of carbonyl (C=O) groups is 1. The van der Waals surface area contributed by atoms with Crippen molar-refractivity contribution in [3.63, 3.8) is 0 Å². The maximum absolute atomic E-state index is 12.6. The molecule has 0 atom stereocenters. The van der Waals surface area contributed by atoms with Crippen molar-refractivity contribution >= 4 is 27.6 Å². The molecule has 0 aliphatic heterocycles. The molecule has 0 aliphatic rings. The third-order valence-electron chi connectivity index (χ3n) is 4.30. The van der Waals surface area contributed by atoms with Gasteiger partial charge in [-0.25, -0.2) is 23.1 Å². The molecule has 32 heavy (non-hydrogen) atoms. The largest absolute Gasteiger partial charge is 0.489 e. The highest BCUT2D eigenvalue weighted by atomic mass is 32.2. The van der Waals surface area contributed by atoms with E-state index in [2.05, 4.69) is 20.0 Å². The molecule has 0 bridgehead atoms. The van der Waals surface area contributed by atoms with Crippen molar-refractivity contribution in [3.8, 4) is 5.75 Å². The maximum Gasteiger partial charge on any atom is 0.291 e. The first kappa shape index (κ1) is 21.1. The highest BCUT2D eigenvalue weighted by Crippen LogP contribution is 2.19. The van der Waals surface area contributed by atoms with Crippen LogP contribution >= 0.6 is 0 Å². The van der Waals surface area contributed by atoms with Gasteiger partial charge in [0.2, 0.25) is 5.95 Å². The molecule has 9 nitrogen and oxygen atoms in total. The molecule has 0 saturated carbocycles. The third kappa shape index (κ3) is 5.10. The second-order valence-corrected chi connectivity index (χ2v) is 8.22. The van der Waals surface area contributed by atoms with Gasteiger partial charge in [-0.15, -0.1) is 0 Å². The maximum atomic E-state index is 12.6. The van der Waals surface area contributed by atoms with Gasteiger partial charge in [-0.2, -0.15) is 0 Å². The molecule has 2 N–H and O–H groups in total. The van der Waals surface area contributed by atoms with Crippen molar-refractivity contribution in [3.05, 3.63) is 96.7 Å². The van der Waals surface area contributed by atoms with Gasteiger partial charge in [0.15, 0.2) is 5.76 Å². The molecular weight excluding hydrogens is 432 g/mol. The summed E-state index contributed by atoms with van der Waals surface area (Å²) in [5, 5.41) is 2.68. The summed E-state index contributed by atoms with van der Waals surface area (Å²) in [5.41, 5.74) is 0.980. The molecule has 1 amide bonds. The summed E-state index contributed by atoms with van der Waals surface area (Å²) in [7, 11) is -3.86. The van der Waals surface area contributed by atoms with Crippen molar-refractivity contribution in [2.75, 3.05) is 10.0 Å². The van der Waals surface area contributed by atoms with Gasteiger partial charge in [-0.1, -0.05) is 18.2 Å². The fraction of sp³-hybridized carbons (Fsp3) is 0.0455. The predicted molar refractivity (Wildman–Crippen MR) is 117 cm³/mol. The van der Waals surface area contributed by atoms with Crippen molar-refractivity contribution in [1.29, 1.82) is 0 Å². The summed E-state index contributed by atoms with van der Waals surface area (Å²) >= 11 is 0. The summed E-state index contributed by atoms with van der Waals surface area (Å²) in [6.07, 6.45) is 4.26. The van der Waals surface area contributed by atoms with Crippen molar-refractivity contribution in [1.82, 2.24) is 9.97 Å². The van der Waals surface area contributed by atoms with E-state index in [0.29, 0.717) is 17.0 Å². The molecule has 10 heteroatoms. The summed E-state index contributed by atoms with van der Waals surface area (Å²) in [6.45, 7) is 0.160. The number of aromatic nitrogens is 2. The van der Waals surface area contributed by atoms with Gasteiger partial charge in [-0.3, -0.25) is 4.79 Å². The lowest BCUT2D eigenvalue weighted by molar-refractivity contribution is 0.0993. The molecule has 0 saturated heterocycles. The van der Waals surface area contributed by atoms with E-state index in [4.69, 9.17) is 9.15 Å². The minimum Gasteiger partial charge on any atom is -0.489 e. The molecule has 4 aromatic rings. The molecule has 0 unspecified atom stereocenters. The highest BCUT2D eigenvalue weighted by molar-refractivity contribution is 7.92. The second kappa shape index (κ2) is 9.31. The number of anilines is 2. The van der Waals surface area contributed by atoms with E-state index in [1.54, 1.807) is 12.1 Å². The molecular formula is C22H18N4O5S. The van der Waals surface area contributed by atoms with Crippen molar-refractivity contribution in [2.45, 2.75) is 11.5 Å². The number of amides is 1. The number of carbonyl (C=O) groups excluding carboxylic acids is 1. The van der Waals surface area contributed by atoms with Crippen LogP contribution in [0.2, 0.25) is 0 Å². The number of benzene rings is 2. The Balaban J connectivity index is 1.41. The van der Waals surface area contributed by atoms with Gasteiger partial charge >= 0.3 is 0 Å². The van der Waals surface area contributed by atoms with E-state index < -0.39 is 15.9 Å². The van der Waals surface area contributed by atoms with Crippen LogP contribution in [0.4, 0.5) is 11.6 Å². The van der Waals surface area contributed by atoms with E-state index in [1.165, 1.54) is 42.9 Å². The van der Waals surface area contributed by atoms with Crippen LogP contribution < -0.4 is 14.8 Å². The lowest BCUT2D eigenvalue weighted by atomic mass is 10.2. The average molecular weight is 450 g/mol. The van der Waals surface area contributed by atoms with E-state index in [0.717, 1.165) is 0 Å². The second-order valence-electron chi connectivity index (χ2n) is 6.53. The van der Waals surface area contributed by atoms with Gasteiger partial charge < -0.3 is 14.5 Å². The van der Waals surface area contributed by atoms with Crippen molar-refractivity contribution < 1.29 is 22.4 Å². The van der Waals surface area contributed by atoms with Gasteiger partial charge in [0.05, 0.1) is 11.2 Å². The Bertz CT molecular complexity index is 1290. The van der Waals surface area contributed by atoms with E-state index in [9.17, 15) is 13.2 Å². The standard InChI is InChI=1S/C22H18N4O5S/c27-21(20-16(11-14-30-20)15-31-18-5-2-1-3-6-18)25-17-7-9-19(10-8-17)32(28,29)26-22-23-12-4-13-24-22/h1-14H,15H2,(H,25,27)(H,23,24,26). The smallest absolute Gasteiger partial charge is 0.291 e. The lowest BCUT2D eigenvalue weighted by Crippen LogP contribution is -2.16. The van der Waals surface area contributed by atoms with Crippen LogP contribution in [0.25, 0.3) is 0 Å². The quantitative estimate of drug-likeness (QED) is 0.419. The molecule has 162 valence electrons. The van der Waals surface area contributed by atoms with E-state index in [1.807, 2.05) is 30.3 Å². The number of rotatable bonds is 8. The van der Waals surface area contributed by atoms with Crippen LogP contribution in [-0.2, 0) is 16.6 Å². The van der Waals surface area contributed by atoms with Crippen molar-refractivity contribution in [2.24, 2.45) is 0 Å². The Labute approximate surface area is 184 Å². The number of furan rings is 1. The van der Waals surface area contributed by atoms with Gasteiger partial charge in [0, 0.05) is 23.6 Å².